The number of phenolic OH excluding ortho intramolecular Hbond substituents is 1. The lowest BCUT2D eigenvalue weighted by Gasteiger charge is -2.48. The Morgan fingerprint density at radius 3 is 3.00 bits per heavy atom. The highest BCUT2D eigenvalue weighted by molar-refractivity contribution is 5.40. The van der Waals surface area contributed by atoms with E-state index in [1.807, 2.05) is 6.07 Å². The lowest BCUT2D eigenvalue weighted by molar-refractivity contribution is -0.103. The molecule has 0 amide bonds. The third kappa shape index (κ3) is 1.66. The second-order valence-corrected chi connectivity index (χ2v) is 7.11. The van der Waals surface area contributed by atoms with Crippen LogP contribution < -0.4 is 0 Å². The number of hydrogen-bond donors (Lipinski definition) is 2. The van der Waals surface area contributed by atoms with Crippen LogP contribution >= 0.6 is 0 Å². The summed E-state index contributed by atoms with van der Waals surface area (Å²) in [7, 11) is 0. The van der Waals surface area contributed by atoms with Gasteiger partial charge in [-0.2, -0.15) is 0 Å². The Balaban J connectivity index is 1.73. The van der Waals surface area contributed by atoms with Crippen LogP contribution in [0, 0.1) is 17.3 Å². The summed E-state index contributed by atoms with van der Waals surface area (Å²) in [5, 5.41) is 19.9. The molecule has 0 radical (unpaired) electrons. The van der Waals surface area contributed by atoms with Crippen molar-refractivity contribution >= 4 is 0 Å². The number of phenols is 1. The molecule has 3 heteroatoms. The molecule has 1 saturated heterocycles. The fourth-order valence-corrected chi connectivity index (χ4v) is 5.00. The van der Waals surface area contributed by atoms with E-state index in [1.54, 1.807) is 6.07 Å². The Bertz CT molecular complexity index is 541. The summed E-state index contributed by atoms with van der Waals surface area (Å²) in [6, 6.07) is 5.81. The van der Waals surface area contributed by atoms with Crippen LogP contribution in [0.4, 0.5) is 0 Å². The zero-order valence-electron chi connectivity index (χ0n) is 11.9. The molecule has 1 heterocycles. The fourth-order valence-electron chi connectivity index (χ4n) is 5.00. The lowest BCUT2D eigenvalue weighted by atomic mass is 9.55. The number of hydrogen-bond acceptors (Lipinski definition) is 3. The van der Waals surface area contributed by atoms with E-state index in [4.69, 9.17) is 4.74 Å². The van der Waals surface area contributed by atoms with E-state index in [0.717, 1.165) is 19.3 Å². The Labute approximate surface area is 119 Å². The molecule has 1 saturated carbocycles. The Morgan fingerprint density at radius 2 is 2.15 bits per heavy atom. The van der Waals surface area contributed by atoms with Crippen molar-refractivity contribution in [3.63, 3.8) is 0 Å². The minimum atomic E-state index is -0.591. The largest absolute Gasteiger partial charge is 0.508 e. The van der Waals surface area contributed by atoms with Gasteiger partial charge in [0.1, 0.15) is 5.75 Å². The van der Waals surface area contributed by atoms with Crippen LogP contribution in [-0.2, 0) is 11.2 Å². The van der Waals surface area contributed by atoms with E-state index in [-0.39, 0.29) is 11.3 Å². The second-order valence-electron chi connectivity index (χ2n) is 7.11. The number of aliphatic hydroxyl groups excluding tert-OH is 1. The lowest BCUT2D eigenvalue weighted by Crippen LogP contribution is -2.44. The molecule has 20 heavy (non-hydrogen) atoms. The third-order valence-corrected chi connectivity index (χ3v) is 5.97. The van der Waals surface area contributed by atoms with Gasteiger partial charge in [-0.05, 0) is 66.2 Å². The highest BCUT2D eigenvalue weighted by Crippen LogP contribution is 2.58. The molecule has 0 aromatic heterocycles. The third-order valence-electron chi connectivity index (χ3n) is 5.97. The van der Waals surface area contributed by atoms with Gasteiger partial charge in [0, 0.05) is 5.92 Å². The molecular weight excluding hydrogens is 252 g/mol. The van der Waals surface area contributed by atoms with Crippen molar-refractivity contribution in [2.24, 2.45) is 17.3 Å². The molecule has 2 N–H and O–H groups in total. The van der Waals surface area contributed by atoms with Crippen LogP contribution in [-0.4, -0.2) is 23.1 Å². The van der Waals surface area contributed by atoms with Crippen molar-refractivity contribution in [2.75, 3.05) is 6.61 Å². The predicted molar refractivity (Wildman–Crippen MR) is 75.4 cm³/mol. The van der Waals surface area contributed by atoms with Crippen molar-refractivity contribution in [1.82, 2.24) is 0 Å². The highest BCUT2D eigenvalue weighted by atomic mass is 16.6. The van der Waals surface area contributed by atoms with Gasteiger partial charge >= 0.3 is 0 Å². The summed E-state index contributed by atoms with van der Waals surface area (Å²) >= 11 is 0. The van der Waals surface area contributed by atoms with Gasteiger partial charge < -0.3 is 14.9 Å². The molecule has 2 aliphatic carbocycles. The number of rotatable bonds is 0. The van der Waals surface area contributed by atoms with Crippen molar-refractivity contribution < 1.29 is 14.9 Å². The average Bonchev–Trinajstić information content (AvgIpc) is 2.74. The monoisotopic (exact) mass is 274 g/mol. The number of ether oxygens (including phenoxy) is 1. The Morgan fingerprint density at radius 1 is 1.30 bits per heavy atom. The van der Waals surface area contributed by atoms with Crippen LogP contribution in [0.3, 0.4) is 0 Å². The number of aromatic hydroxyl groups is 1. The molecule has 3 aliphatic rings. The summed E-state index contributed by atoms with van der Waals surface area (Å²) in [4.78, 5) is 0. The quantitative estimate of drug-likeness (QED) is 0.765. The molecule has 4 rings (SSSR count). The molecule has 108 valence electrons. The number of aryl methyl sites for hydroxylation is 1. The van der Waals surface area contributed by atoms with Gasteiger partial charge in [-0.1, -0.05) is 13.0 Å². The Kier molecular flexibility index (Phi) is 2.67. The molecule has 1 aromatic rings. The maximum atomic E-state index is 10.3. The summed E-state index contributed by atoms with van der Waals surface area (Å²) in [5.74, 6) is 1.67. The molecule has 1 aliphatic heterocycles. The fraction of sp³-hybridized carbons (Fsp3) is 0.647. The first-order valence-corrected chi connectivity index (χ1v) is 7.70. The summed E-state index contributed by atoms with van der Waals surface area (Å²) in [6.07, 6.45) is 3.81. The van der Waals surface area contributed by atoms with Crippen LogP contribution in [0.2, 0.25) is 0 Å². The van der Waals surface area contributed by atoms with Gasteiger partial charge in [-0.15, -0.1) is 0 Å². The van der Waals surface area contributed by atoms with Crippen LogP contribution in [0.1, 0.15) is 43.2 Å². The van der Waals surface area contributed by atoms with E-state index in [0.29, 0.717) is 24.2 Å². The maximum absolute atomic E-state index is 10.3. The molecule has 5 atom stereocenters. The molecule has 0 bridgehead atoms. The first-order chi connectivity index (χ1) is 9.58. The second kappa shape index (κ2) is 4.22. The topological polar surface area (TPSA) is 49.7 Å². The van der Waals surface area contributed by atoms with E-state index >= 15 is 0 Å². The van der Waals surface area contributed by atoms with E-state index in [9.17, 15) is 10.2 Å². The van der Waals surface area contributed by atoms with Gasteiger partial charge in [0.05, 0.1) is 6.61 Å². The standard InChI is InChI=1S/C17H22O3/c1-17-7-6-13-12-5-3-11(18)8-10(12)2-4-14(13)15(17)16(19)20-9-17/h3,5,8,13-16,18-19H,2,4,6-7,9H2,1H3/t13?,14?,15?,16?,17-/m1/s1. The summed E-state index contributed by atoms with van der Waals surface area (Å²) in [6.45, 7) is 2.97. The molecule has 1 aromatic carbocycles. The van der Waals surface area contributed by atoms with Gasteiger partial charge in [0.2, 0.25) is 0 Å². The first kappa shape index (κ1) is 12.7. The van der Waals surface area contributed by atoms with Crippen molar-refractivity contribution in [3.8, 4) is 5.75 Å². The Hall–Kier alpha value is -1.06. The molecular formula is C17H22O3. The molecule has 2 fully saturated rings. The first-order valence-electron chi connectivity index (χ1n) is 7.70. The van der Waals surface area contributed by atoms with Gasteiger partial charge in [0.15, 0.2) is 6.29 Å². The van der Waals surface area contributed by atoms with E-state index < -0.39 is 6.29 Å². The zero-order chi connectivity index (χ0) is 13.9. The highest BCUT2D eigenvalue weighted by Gasteiger charge is 2.55. The van der Waals surface area contributed by atoms with Gasteiger partial charge in [-0.25, -0.2) is 0 Å². The number of fused-ring (bicyclic) bond motifs is 5. The number of aliphatic hydroxyl groups is 1. The molecule has 4 unspecified atom stereocenters. The summed E-state index contributed by atoms with van der Waals surface area (Å²) in [5.41, 5.74) is 2.83. The average molecular weight is 274 g/mol. The SMILES string of the molecule is C[C@]12CCC3c4ccc(O)cc4CCC3C1C(O)OC2. The van der Waals surface area contributed by atoms with Crippen molar-refractivity contribution in [3.05, 3.63) is 29.3 Å². The predicted octanol–water partition coefficient (Wildman–Crippen LogP) is 2.80. The minimum absolute atomic E-state index is 0.148. The van der Waals surface area contributed by atoms with Gasteiger partial charge in [-0.3, -0.25) is 0 Å². The van der Waals surface area contributed by atoms with Crippen LogP contribution in [0.5, 0.6) is 5.75 Å². The summed E-state index contributed by atoms with van der Waals surface area (Å²) < 4.78 is 5.57. The molecule has 3 nitrogen and oxygen atoms in total. The number of benzene rings is 1. The van der Waals surface area contributed by atoms with Crippen molar-refractivity contribution in [2.45, 2.75) is 44.8 Å². The van der Waals surface area contributed by atoms with Gasteiger partial charge in [0.25, 0.3) is 0 Å². The molecule has 0 spiro atoms. The van der Waals surface area contributed by atoms with Crippen molar-refractivity contribution in [1.29, 1.82) is 0 Å². The zero-order valence-corrected chi connectivity index (χ0v) is 11.9. The van der Waals surface area contributed by atoms with Crippen LogP contribution in [0.15, 0.2) is 18.2 Å². The van der Waals surface area contributed by atoms with Crippen LogP contribution in [0.25, 0.3) is 0 Å². The smallest absolute Gasteiger partial charge is 0.158 e. The maximum Gasteiger partial charge on any atom is 0.158 e. The normalized spacial score (nSPS) is 42.7. The van der Waals surface area contributed by atoms with E-state index in [1.165, 1.54) is 17.5 Å². The minimum Gasteiger partial charge on any atom is -0.508 e. The van der Waals surface area contributed by atoms with E-state index in [2.05, 4.69) is 13.0 Å².